The van der Waals surface area contributed by atoms with Crippen LogP contribution in [0.5, 0.6) is 0 Å². The summed E-state index contributed by atoms with van der Waals surface area (Å²) in [6, 6.07) is 7.31. The summed E-state index contributed by atoms with van der Waals surface area (Å²) in [6.07, 6.45) is 4.15. The van der Waals surface area contributed by atoms with E-state index in [4.69, 9.17) is 0 Å². The van der Waals surface area contributed by atoms with Crippen LogP contribution in [0.15, 0.2) is 36.5 Å². The largest absolute Gasteiger partial charge is 0.363 e. The third kappa shape index (κ3) is 3.03. The SMILES string of the molecule is O=C(CCc1cc(F)ccc1F)N1CCC[C@H]1c1ccc[nH]1. The van der Waals surface area contributed by atoms with Crippen molar-refractivity contribution in [1.82, 2.24) is 9.88 Å². The molecule has 22 heavy (non-hydrogen) atoms. The molecular formula is C17H18F2N2O. The molecule has 1 fully saturated rings. The second-order valence-corrected chi connectivity index (χ2v) is 5.61. The fourth-order valence-corrected chi connectivity index (χ4v) is 3.06. The average Bonchev–Trinajstić information content (AvgIpc) is 3.17. The van der Waals surface area contributed by atoms with Crippen LogP contribution in [0.1, 0.15) is 36.6 Å². The Morgan fingerprint density at radius 1 is 1.32 bits per heavy atom. The minimum atomic E-state index is -0.478. The van der Waals surface area contributed by atoms with Gasteiger partial charge in [-0.15, -0.1) is 0 Å². The molecule has 3 rings (SSSR count). The van der Waals surface area contributed by atoms with Crippen molar-refractivity contribution < 1.29 is 13.6 Å². The number of aromatic amines is 1. The van der Waals surface area contributed by atoms with Gasteiger partial charge in [-0.2, -0.15) is 0 Å². The molecule has 1 aliphatic rings. The van der Waals surface area contributed by atoms with E-state index in [1.54, 1.807) is 0 Å². The number of hydrogen-bond acceptors (Lipinski definition) is 1. The van der Waals surface area contributed by atoms with E-state index in [9.17, 15) is 13.6 Å². The highest BCUT2D eigenvalue weighted by Crippen LogP contribution is 2.31. The van der Waals surface area contributed by atoms with Gasteiger partial charge < -0.3 is 9.88 Å². The van der Waals surface area contributed by atoms with E-state index in [0.717, 1.165) is 36.7 Å². The zero-order chi connectivity index (χ0) is 15.5. The van der Waals surface area contributed by atoms with Crippen molar-refractivity contribution in [3.8, 4) is 0 Å². The summed E-state index contributed by atoms with van der Waals surface area (Å²) in [6.45, 7) is 0.716. The third-order valence-electron chi connectivity index (χ3n) is 4.17. The summed E-state index contributed by atoms with van der Waals surface area (Å²) in [4.78, 5) is 17.4. The standard InChI is InChI=1S/C17H18F2N2O/c18-13-6-7-14(19)12(11-13)5-8-17(22)21-10-2-4-16(21)15-3-1-9-20-15/h1,3,6-7,9,11,16,20H,2,4-5,8,10H2/t16-/m0/s1. The minimum absolute atomic E-state index is 0.0132. The number of aromatic nitrogens is 1. The molecule has 1 atom stereocenters. The van der Waals surface area contributed by atoms with Crippen molar-refractivity contribution in [3.63, 3.8) is 0 Å². The average molecular weight is 304 g/mol. The molecule has 0 bridgehead atoms. The highest BCUT2D eigenvalue weighted by Gasteiger charge is 2.30. The number of benzene rings is 1. The molecule has 1 saturated heterocycles. The molecule has 3 nitrogen and oxygen atoms in total. The van der Waals surface area contributed by atoms with Crippen LogP contribution >= 0.6 is 0 Å². The summed E-state index contributed by atoms with van der Waals surface area (Å²) in [5, 5.41) is 0. The van der Waals surface area contributed by atoms with Crippen molar-refractivity contribution in [2.45, 2.75) is 31.7 Å². The summed E-state index contributed by atoms with van der Waals surface area (Å²) in [5.74, 6) is -0.952. The Labute approximate surface area is 127 Å². The number of amides is 1. The summed E-state index contributed by atoms with van der Waals surface area (Å²) in [5.41, 5.74) is 1.28. The van der Waals surface area contributed by atoms with Crippen LogP contribution in [-0.4, -0.2) is 22.3 Å². The van der Waals surface area contributed by atoms with E-state index >= 15 is 0 Å². The van der Waals surface area contributed by atoms with Gasteiger partial charge in [-0.3, -0.25) is 4.79 Å². The number of nitrogens with one attached hydrogen (secondary N) is 1. The number of hydrogen-bond donors (Lipinski definition) is 1. The van der Waals surface area contributed by atoms with Gasteiger partial charge in [-0.1, -0.05) is 0 Å². The van der Waals surface area contributed by atoms with Crippen molar-refractivity contribution >= 4 is 5.91 Å². The zero-order valence-electron chi connectivity index (χ0n) is 12.2. The lowest BCUT2D eigenvalue weighted by atomic mass is 10.1. The summed E-state index contributed by atoms with van der Waals surface area (Å²) >= 11 is 0. The molecule has 0 saturated carbocycles. The number of carbonyl (C=O) groups is 1. The second kappa shape index (κ2) is 6.30. The molecule has 2 aromatic rings. The first-order valence-corrected chi connectivity index (χ1v) is 7.52. The van der Waals surface area contributed by atoms with Crippen LogP contribution < -0.4 is 0 Å². The Hall–Kier alpha value is -2.17. The fourth-order valence-electron chi connectivity index (χ4n) is 3.06. The highest BCUT2D eigenvalue weighted by molar-refractivity contribution is 5.77. The molecule has 2 heterocycles. The third-order valence-corrected chi connectivity index (χ3v) is 4.17. The van der Waals surface area contributed by atoms with Crippen LogP contribution in [-0.2, 0) is 11.2 Å². The highest BCUT2D eigenvalue weighted by atomic mass is 19.1. The number of halogens is 2. The van der Waals surface area contributed by atoms with Crippen molar-refractivity contribution in [2.24, 2.45) is 0 Å². The number of rotatable bonds is 4. The topological polar surface area (TPSA) is 36.1 Å². The molecule has 0 radical (unpaired) electrons. The van der Waals surface area contributed by atoms with Gasteiger partial charge in [-0.25, -0.2) is 8.78 Å². The van der Waals surface area contributed by atoms with Gasteiger partial charge in [0.1, 0.15) is 11.6 Å². The summed E-state index contributed by atoms with van der Waals surface area (Å²) in [7, 11) is 0. The van der Waals surface area contributed by atoms with Crippen LogP contribution in [0, 0.1) is 11.6 Å². The van der Waals surface area contributed by atoms with Crippen LogP contribution in [0.4, 0.5) is 8.78 Å². The molecule has 5 heteroatoms. The number of aryl methyl sites for hydroxylation is 1. The van der Waals surface area contributed by atoms with E-state index in [2.05, 4.69) is 4.98 Å². The first-order valence-electron chi connectivity index (χ1n) is 7.52. The Bertz CT molecular complexity index is 655. The van der Waals surface area contributed by atoms with E-state index in [-0.39, 0.29) is 30.4 Å². The maximum absolute atomic E-state index is 13.6. The van der Waals surface area contributed by atoms with E-state index in [1.807, 2.05) is 23.2 Å². The molecule has 1 amide bonds. The Kier molecular flexibility index (Phi) is 4.22. The van der Waals surface area contributed by atoms with Crippen LogP contribution in [0.25, 0.3) is 0 Å². The smallest absolute Gasteiger partial charge is 0.223 e. The maximum Gasteiger partial charge on any atom is 0.223 e. The quantitative estimate of drug-likeness (QED) is 0.920. The van der Waals surface area contributed by atoms with Gasteiger partial charge in [0.25, 0.3) is 0 Å². The van der Waals surface area contributed by atoms with Crippen molar-refractivity contribution in [2.75, 3.05) is 6.54 Å². The Morgan fingerprint density at radius 3 is 2.95 bits per heavy atom. The predicted molar refractivity (Wildman–Crippen MR) is 79.2 cm³/mol. The lowest BCUT2D eigenvalue weighted by Gasteiger charge is -2.24. The van der Waals surface area contributed by atoms with Gasteiger partial charge in [0.2, 0.25) is 5.91 Å². The number of likely N-dealkylation sites (tertiary alicyclic amines) is 1. The van der Waals surface area contributed by atoms with Crippen LogP contribution in [0.3, 0.4) is 0 Å². The Balaban J connectivity index is 1.65. The van der Waals surface area contributed by atoms with Crippen molar-refractivity contribution in [3.05, 3.63) is 59.4 Å². The van der Waals surface area contributed by atoms with Gasteiger partial charge in [0.05, 0.1) is 6.04 Å². The maximum atomic E-state index is 13.6. The van der Waals surface area contributed by atoms with Gasteiger partial charge in [0, 0.05) is 24.9 Å². The van der Waals surface area contributed by atoms with Gasteiger partial charge in [0.15, 0.2) is 0 Å². The molecule has 116 valence electrons. The van der Waals surface area contributed by atoms with Gasteiger partial charge >= 0.3 is 0 Å². The lowest BCUT2D eigenvalue weighted by molar-refractivity contribution is -0.132. The number of nitrogens with zero attached hydrogens (tertiary/aromatic N) is 1. The number of carbonyl (C=O) groups excluding carboxylic acids is 1. The molecular weight excluding hydrogens is 286 g/mol. The molecule has 1 N–H and O–H groups in total. The van der Waals surface area contributed by atoms with Crippen molar-refractivity contribution in [1.29, 1.82) is 0 Å². The number of H-pyrrole nitrogens is 1. The zero-order valence-corrected chi connectivity index (χ0v) is 12.2. The van der Waals surface area contributed by atoms with E-state index in [0.29, 0.717) is 6.54 Å². The molecule has 0 unspecified atom stereocenters. The molecule has 0 spiro atoms. The fraction of sp³-hybridized carbons (Fsp3) is 0.353. The van der Waals surface area contributed by atoms with Crippen LogP contribution in [0.2, 0.25) is 0 Å². The molecule has 1 aromatic heterocycles. The summed E-state index contributed by atoms with van der Waals surface area (Å²) < 4.78 is 26.8. The minimum Gasteiger partial charge on any atom is -0.363 e. The normalized spacial score (nSPS) is 17.9. The monoisotopic (exact) mass is 304 g/mol. The van der Waals surface area contributed by atoms with E-state index in [1.165, 1.54) is 0 Å². The predicted octanol–water partition coefficient (Wildman–Crippen LogP) is 3.59. The molecule has 1 aromatic carbocycles. The lowest BCUT2D eigenvalue weighted by Crippen LogP contribution is -2.30. The van der Waals surface area contributed by atoms with Gasteiger partial charge in [-0.05, 0) is 55.2 Å². The molecule has 0 aliphatic carbocycles. The first-order chi connectivity index (χ1) is 10.6. The first kappa shape index (κ1) is 14.8. The Morgan fingerprint density at radius 2 is 2.18 bits per heavy atom. The molecule has 1 aliphatic heterocycles. The second-order valence-electron chi connectivity index (χ2n) is 5.61. The van der Waals surface area contributed by atoms with E-state index < -0.39 is 11.6 Å².